The monoisotopic (exact) mass is 258 g/mol. The van der Waals surface area contributed by atoms with Gasteiger partial charge in [-0.3, -0.25) is 4.79 Å². The number of carbonyl (C=O) groups is 1. The minimum absolute atomic E-state index is 0.130. The molecule has 2 N–H and O–H groups in total. The largest absolute Gasteiger partial charge is 0.353 e. The average Bonchev–Trinajstić information content (AvgIpc) is 2.36. The van der Waals surface area contributed by atoms with Crippen molar-refractivity contribution in [2.75, 3.05) is 12.8 Å². The Morgan fingerprint density at radius 2 is 2.24 bits per heavy atom. The van der Waals surface area contributed by atoms with Crippen LogP contribution in [0.3, 0.4) is 0 Å². The van der Waals surface area contributed by atoms with Gasteiger partial charge in [0.05, 0.1) is 6.54 Å². The van der Waals surface area contributed by atoms with Crippen LogP contribution in [0.15, 0.2) is 0 Å². The minimum atomic E-state index is 0.130. The van der Waals surface area contributed by atoms with Gasteiger partial charge in [-0.25, -0.2) is 0 Å². The van der Waals surface area contributed by atoms with Crippen molar-refractivity contribution >= 4 is 17.7 Å². The van der Waals surface area contributed by atoms with Crippen molar-refractivity contribution in [3.63, 3.8) is 0 Å². The Hall–Kier alpha value is -0.220. The molecule has 0 heterocycles. The number of hydrogen-bond donors (Lipinski definition) is 2. The van der Waals surface area contributed by atoms with E-state index in [2.05, 4.69) is 23.8 Å². The van der Waals surface area contributed by atoms with E-state index in [9.17, 15) is 4.79 Å². The zero-order chi connectivity index (χ0) is 12.7. The first-order valence-corrected chi connectivity index (χ1v) is 8.00. The van der Waals surface area contributed by atoms with Gasteiger partial charge < -0.3 is 10.6 Å². The Morgan fingerprint density at radius 3 is 2.88 bits per heavy atom. The highest BCUT2D eigenvalue weighted by molar-refractivity contribution is 7.99. The maximum absolute atomic E-state index is 11.6. The minimum Gasteiger partial charge on any atom is -0.353 e. The number of carbonyl (C=O) groups excluding carboxylic acids is 1. The molecular weight excluding hydrogens is 232 g/mol. The number of nitrogens with one attached hydrogen (secondary N) is 2. The van der Waals surface area contributed by atoms with Gasteiger partial charge in [-0.2, -0.15) is 11.8 Å². The van der Waals surface area contributed by atoms with E-state index in [-0.39, 0.29) is 11.9 Å². The SMILES string of the molecule is CCC(C)NC(=O)CNC1CCCC(SC)C1. The van der Waals surface area contributed by atoms with Crippen molar-refractivity contribution in [1.82, 2.24) is 10.6 Å². The predicted octanol–water partition coefficient (Wildman–Crippen LogP) is 2.16. The van der Waals surface area contributed by atoms with Crippen LogP contribution in [0.25, 0.3) is 0 Å². The molecule has 0 radical (unpaired) electrons. The number of hydrogen-bond acceptors (Lipinski definition) is 3. The Labute approximate surface area is 109 Å². The second-order valence-corrected chi connectivity index (χ2v) is 6.12. The van der Waals surface area contributed by atoms with Crippen LogP contribution in [0.4, 0.5) is 0 Å². The van der Waals surface area contributed by atoms with Gasteiger partial charge in [0.15, 0.2) is 0 Å². The maximum Gasteiger partial charge on any atom is 0.234 e. The van der Waals surface area contributed by atoms with E-state index in [1.165, 1.54) is 25.7 Å². The molecule has 0 spiro atoms. The summed E-state index contributed by atoms with van der Waals surface area (Å²) in [6.07, 6.45) is 8.21. The molecule has 100 valence electrons. The van der Waals surface area contributed by atoms with Crippen LogP contribution >= 0.6 is 11.8 Å². The van der Waals surface area contributed by atoms with Crippen LogP contribution in [-0.2, 0) is 4.79 Å². The van der Waals surface area contributed by atoms with E-state index in [1.54, 1.807) is 0 Å². The van der Waals surface area contributed by atoms with Gasteiger partial charge in [-0.05, 0) is 38.9 Å². The summed E-state index contributed by atoms with van der Waals surface area (Å²) in [7, 11) is 0. The zero-order valence-electron chi connectivity index (χ0n) is 11.3. The molecule has 1 amide bonds. The molecule has 3 atom stereocenters. The first-order valence-electron chi connectivity index (χ1n) is 6.71. The van der Waals surface area contributed by atoms with Crippen LogP contribution in [-0.4, -0.2) is 36.0 Å². The molecule has 3 unspecified atom stereocenters. The van der Waals surface area contributed by atoms with E-state index in [4.69, 9.17) is 0 Å². The molecule has 0 aromatic carbocycles. The summed E-state index contributed by atoms with van der Waals surface area (Å²) in [5.74, 6) is 0.130. The summed E-state index contributed by atoms with van der Waals surface area (Å²) in [4.78, 5) is 11.6. The van der Waals surface area contributed by atoms with E-state index >= 15 is 0 Å². The van der Waals surface area contributed by atoms with Gasteiger partial charge in [0, 0.05) is 17.3 Å². The van der Waals surface area contributed by atoms with Crippen LogP contribution in [0.1, 0.15) is 46.0 Å². The molecule has 4 heteroatoms. The second kappa shape index (κ2) is 7.98. The first-order chi connectivity index (χ1) is 8.15. The van der Waals surface area contributed by atoms with Gasteiger partial charge >= 0.3 is 0 Å². The highest BCUT2D eigenvalue weighted by Crippen LogP contribution is 2.26. The summed E-state index contributed by atoms with van der Waals surface area (Å²) >= 11 is 1.96. The molecule has 0 aromatic rings. The fourth-order valence-corrected chi connectivity index (χ4v) is 3.04. The molecule has 1 saturated carbocycles. The van der Waals surface area contributed by atoms with Crippen molar-refractivity contribution in [3.8, 4) is 0 Å². The van der Waals surface area contributed by atoms with Crippen molar-refractivity contribution in [2.45, 2.75) is 63.3 Å². The van der Waals surface area contributed by atoms with Crippen molar-refractivity contribution in [2.24, 2.45) is 0 Å². The Balaban J connectivity index is 2.19. The summed E-state index contributed by atoms with van der Waals surface area (Å²) < 4.78 is 0. The molecule has 17 heavy (non-hydrogen) atoms. The quantitative estimate of drug-likeness (QED) is 0.767. The summed E-state index contributed by atoms with van der Waals surface area (Å²) in [6.45, 7) is 4.60. The highest BCUT2D eigenvalue weighted by atomic mass is 32.2. The van der Waals surface area contributed by atoms with Crippen LogP contribution in [0, 0.1) is 0 Å². The molecule has 3 nitrogen and oxygen atoms in total. The van der Waals surface area contributed by atoms with Crippen LogP contribution in [0.2, 0.25) is 0 Å². The van der Waals surface area contributed by atoms with Gasteiger partial charge in [-0.15, -0.1) is 0 Å². The zero-order valence-corrected chi connectivity index (χ0v) is 12.1. The summed E-state index contributed by atoms with van der Waals surface area (Å²) in [5, 5.41) is 7.15. The Bertz CT molecular complexity index is 235. The third kappa shape index (κ3) is 5.77. The fourth-order valence-electron chi connectivity index (χ4n) is 2.21. The molecule has 1 rings (SSSR count). The summed E-state index contributed by atoms with van der Waals surface area (Å²) in [6, 6.07) is 0.818. The average molecular weight is 258 g/mol. The standard InChI is InChI=1S/C13H26N2OS/c1-4-10(2)15-13(16)9-14-11-6-5-7-12(8-11)17-3/h10-12,14H,4-9H2,1-3H3,(H,15,16). The molecule has 0 aliphatic heterocycles. The van der Waals surface area contributed by atoms with Crippen molar-refractivity contribution < 1.29 is 4.79 Å². The van der Waals surface area contributed by atoms with Gasteiger partial charge in [0.25, 0.3) is 0 Å². The fraction of sp³-hybridized carbons (Fsp3) is 0.923. The lowest BCUT2D eigenvalue weighted by atomic mass is 9.95. The predicted molar refractivity (Wildman–Crippen MR) is 75.5 cm³/mol. The van der Waals surface area contributed by atoms with Gasteiger partial charge in [0.2, 0.25) is 5.91 Å². The van der Waals surface area contributed by atoms with E-state index in [0.717, 1.165) is 11.7 Å². The first kappa shape index (κ1) is 14.8. The number of thioether (sulfide) groups is 1. The Morgan fingerprint density at radius 1 is 1.47 bits per heavy atom. The van der Waals surface area contributed by atoms with Gasteiger partial charge in [0.1, 0.15) is 0 Å². The molecule has 0 saturated heterocycles. The van der Waals surface area contributed by atoms with E-state index < -0.39 is 0 Å². The van der Waals surface area contributed by atoms with Crippen molar-refractivity contribution in [3.05, 3.63) is 0 Å². The molecular formula is C13H26N2OS. The highest BCUT2D eigenvalue weighted by Gasteiger charge is 2.21. The van der Waals surface area contributed by atoms with E-state index in [1.807, 2.05) is 18.7 Å². The second-order valence-electron chi connectivity index (χ2n) is 4.98. The molecule has 0 bridgehead atoms. The molecule has 1 aliphatic rings. The lowest BCUT2D eigenvalue weighted by Crippen LogP contribution is -2.43. The number of rotatable bonds is 6. The van der Waals surface area contributed by atoms with Crippen LogP contribution in [0.5, 0.6) is 0 Å². The number of amides is 1. The lowest BCUT2D eigenvalue weighted by molar-refractivity contribution is -0.121. The van der Waals surface area contributed by atoms with Crippen molar-refractivity contribution in [1.29, 1.82) is 0 Å². The van der Waals surface area contributed by atoms with Crippen LogP contribution < -0.4 is 10.6 Å². The normalized spacial score (nSPS) is 26.5. The topological polar surface area (TPSA) is 41.1 Å². The third-order valence-corrected chi connectivity index (χ3v) is 4.63. The van der Waals surface area contributed by atoms with Gasteiger partial charge in [-0.1, -0.05) is 13.3 Å². The molecule has 1 fully saturated rings. The lowest BCUT2D eigenvalue weighted by Gasteiger charge is -2.28. The maximum atomic E-state index is 11.6. The molecule has 1 aliphatic carbocycles. The Kier molecular flexibility index (Phi) is 6.97. The smallest absolute Gasteiger partial charge is 0.234 e. The molecule has 0 aromatic heterocycles. The summed E-state index contributed by atoms with van der Waals surface area (Å²) in [5.41, 5.74) is 0. The van der Waals surface area contributed by atoms with E-state index in [0.29, 0.717) is 12.6 Å². The third-order valence-electron chi connectivity index (χ3n) is 3.53.